The Balaban J connectivity index is 2.10. The molecule has 0 aromatic heterocycles. The minimum Gasteiger partial charge on any atom is -0.493 e. The Morgan fingerprint density at radius 1 is 1.13 bits per heavy atom. The molecule has 0 N–H and O–H groups in total. The molecule has 168 valence electrons. The molecule has 2 aromatic rings. The summed E-state index contributed by atoms with van der Waals surface area (Å²) in [6, 6.07) is 7.90. The molecule has 6 nitrogen and oxygen atoms in total. The highest BCUT2D eigenvalue weighted by Crippen LogP contribution is 2.36. The van der Waals surface area contributed by atoms with E-state index in [1.807, 2.05) is 6.92 Å². The highest BCUT2D eigenvalue weighted by Gasteiger charge is 2.14. The Labute approximate surface area is 184 Å². The molecule has 0 saturated heterocycles. The van der Waals surface area contributed by atoms with Gasteiger partial charge < -0.3 is 23.8 Å². The monoisotopic (exact) mass is 455 g/mol. The summed E-state index contributed by atoms with van der Waals surface area (Å²) in [6.07, 6.45) is 3.01. The number of carbonyl (C=O) groups is 1. The number of methoxy groups -OCH3 is 2. The van der Waals surface area contributed by atoms with Crippen LogP contribution in [0.15, 0.2) is 36.4 Å². The van der Waals surface area contributed by atoms with Crippen molar-refractivity contribution in [2.24, 2.45) is 0 Å². The van der Waals surface area contributed by atoms with E-state index in [4.69, 9.17) is 25.8 Å². The maximum Gasteiger partial charge on any atom is 0.387 e. The lowest BCUT2D eigenvalue weighted by molar-refractivity contribution is -0.125. The Morgan fingerprint density at radius 2 is 1.84 bits per heavy atom. The number of rotatable bonds is 10. The number of ether oxygens (including phenoxy) is 4. The molecular formula is C22H24ClF2NO5. The van der Waals surface area contributed by atoms with Crippen LogP contribution in [0.1, 0.15) is 18.1 Å². The Kier molecular flexibility index (Phi) is 8.93. The lowest BCUT2D eigenvalue weighted by Gasteiger charge is -2.17. The first-order valence-corrected chi connectivity index (χ1v) is 9.72. The number of likely N-dealkylation sites (N-methyl/N-ethyl adjacent to an activating group) is 1. The summed E-state index contributed by atoms with van der Waals surface area (Å²) in [5.74, 6) is 0.728. The van der Waals surface area contributed by atoms with Gasteiger partial charge in [-0.05, 0) is 48.4 Å². The maximum absolute atomic E-state index is 12.5. The second-order valence-electron chi connectivity index (χ2n) is 6.36. The van der Waals surface area contributed by atoms with E-state index >= 15 is 0 Å². The summed E-state index contributed by atoms with van der Waals surface area (Å²) in [4.78, 5) is 14.0. The molecule has 2 rings (SSSR count). The van der Waals surface area contributed by atoms with Gasteiger partial charge in [-0.15, -0.1) is 0 Å². The van der Waals surface area contributed by atoms with Gasteiger partial charge in [-0.2, -0.15) is 8.78 Å². The van der Waals surface area contributed by atoms with Gasteiger partial charge in [-0.25, -0.2) is 0 Å². The van der Waals surface area contributed by atoms with Gasteiger partial charge in [0, 0.05) is 19.7 Å². The number of alkyl halides is 2. The van der Waals surface area contributed by atoms with E-state index in [0.29, 0.717) is 34.3 Å². The SMILES string of the molecule is CCOc1c(Cl)cc(/C=C/C(=O)N(C)Cc2ccc(OC(F)F)c(OC)c2)cc1OC. The minimum atomic E-state index is -2.95. The first-order valence-electron chi connectivity index (χ1n) is 9.34. The fraction of sp³-hybridized carbons (Fsp3) is 0.318. The fourth-order valence-corrected chi connectivity index (χ4v) is 3.04. The van der Waals surface area contributed by atoms with Gasteiger partial charge in [0.1, 0.15) is 0 Å². The molecule has 0 unspecified atom stereocenters. The standard InChI is InChI=1S/C22H24ClF2NO5/c1-5-30-21-16(23)10-14(11-19(21)29-4)7-9-20(27)26(2)13-15-6-8-17(31-22(24)25)18(12-15)28-3/h6-12,22H,5,13H2,1-4H3/b9-7+. The third-order valence-electron chi connectivity index (χ3n) is 4.20. The van der Waals surface area contributed by atoms with Crippen LogP contribution in [0.4, 0.5) is 8.78 Å². The number of halogens is 3. The fourth-order valence-electron chi connectivity index (χ4n) is 2.77. The van der Waals surface area contributed by atoms with E-state index in [9.17, 15) is 13.6 Å². The van der Waals surface area contributed by atoms with E-state index < -0.39 is 6.61 Å². The quantitative estimate of drug-likeness (QED) is 0.470. The first kappa shape index (κ1) is 24.3. The predicted molar refractivity (Wildman–Crippen MR) is 114 cm³/mol. The van der Waals surface area contributed by atoms with Crippen LogP contribution < -0.4 is 18.9 Å². The molecule has 31 heavy (non-hydrogen) atoms. The smallest absolute Gasteiger partial charge is 0.387 e. The van der Waals surface area contributed by atoms with Crippen LogP contribution >= 0.6 is 11.6 Å². The molecule has 0 saturated carbocycles. The van der Waals surface area contributed by atoms with Crippen molar-refractivity contribution in [2.75, 3.05) is 27.9 Å². The molecule has 0 aliphatic carbocycles. The summed E-state index contributed by atoms with van der Waals surface area (Å²) in [5, 5.41) is 0.375. The van der Waals surface area contributed by atoms with Gasteiger partial charge in [-0.3, -0.25) is 4.79 Å². The third-order valence-corrected chi connectivity index (χ3v) is 4.48. The van der Waals surface area contributed by atoms with Crippen molar-refractivity contribution in [3.8, 4) is 23.0 Å². The van der Waals surface area contributed by atoms with Gasteiger partial charge in [0.25, 0.3) is 0 Å². The van der Waals surface area contributed by atoms with Crippen molar-refractivity contribution >= 4 is 23.6 Å². The zero-order valence-electron chi connectivity index (χ0n) is 17.7. The van der Waals surface area contributed by atoms with E-state index in [1.54, 1.807) is 37.4 Å². The van der Waals surface area contributed by atoms with Gasteiger partial charge in [0.2, 0.25) is 5.91 Å². The van der Waals surface area contributed by atoms with Crippen LogP contribution in [0.5, 0.6) is 23.0 Å². The topological polar surface area (TPSA) is 57.2 Å². The average Bonchev–Trinajstić information content (AvgIpc) is 2.74. The number of hydrogen-bond acceptors (Lipinski definition) is 5. The van der Waals surface area contributed by atoms with Crippen molar-refractivity contribution in [3.63, 3.8) is 0 Å². The Morgan fingerprint density at radius 3 is 2.45 bits per heavy atom. The molecule has 0 aliphatic rings. The van der Waals surface area contributed by atoms with Gasteiger partial charge in [0.05, 0.1) is 25.8 Å². The van der Waals surface area contributed by atoms with E-state index in [2.05, 4.69) is 4.74 Å². The molecule has 0 bridgehead atoms. The average molecular weight is 456 g/mol. The molecular weight excluding hydrogens is 432 g/mol. The normalized spacial score (nSPS) is 11.0. The number of hydrogen-bond donors (Lipinski definition) is 0. The molecule has 2 aromatic carbocycles. The molecule has 0 heterocycles. The van der Waals surface area contributed by atoms with Gasteiger partial charge in [0.15, 0.2) is 23.0 Å². The maximum atomic E-state index is 12.5. The molecule has 1 amide bonds. The Bertz CT molecular complexity index is 936. The Hall–Kier alpha value is -3.00. The molecule has 0 spiro atoms. The second kappa shape index (κ2) is 11.4. The van der Waals surface area contributed by atoms with Crippen molar-refractivity contribution in [1.29, 1.82) is 0 Å². The molecule has 9 heteroatoms. The lowest BCUT2D eigenvalue weighted by Crippen LogP contribution is -2.24. The number of carbonyl (C=O) groups excluding carboxylic acids is 1. The van der Waals surface area contributed by atoms with Gasteiger partial charge >= 0.3 is 6.61 Å². The molecule has 0 atom stereocenters. The van der Waals surface area contributed by atoms with Crippen molar-refractivity contribution in [2.45, 2.75) is 20.1 Å². The number of nitrogens with zero attached hydrogens (tertiary/aromatic N) is 1. The molecule has 0 radical (unpaired) electrons. The lowest BCUT2D eigenvalue weighted by atomic mass is 10.1. The van der Waals surface area contributed by atoms with E-state index in [1.165, 1.54) is 31.3 Å². The van der Waals surface area contributed by atoms with Crippen LogP contribution in [0.2, 0.25) is 5.02 Å². The predicted octanol–water partition coefficient (Wildman–Crippen LogP) is 5.03. The summed E-state index contributed by atoms with van der Waals surface area (Å²) in [7, 11) is 4.48. The molecule has 0 fully saturated rings. The first-order chi connectivity index (χ1) is 14.8. The number of amides is 1. The summed E-state index contributed by atoms with van der Waals surface area (Å²) in [6.45, 7) is -0.437. The van der Waals surface area contributed by atoms with E-state index in [0.717, 1.165) is 0 Å². The van der Waals surface area contributed by atoms with Crippen LogP contribution in [0.3, 0.4) is 0 Å². The van der Waals surface area contributed by atoms with Crippen LogP contribution in [0.25, 0.3) is 6.08 Å². The highest BCUT2D eigenvalue weighted by atomic mass is 35.5. The second-order valence-corrected chi connectivity index (χ2v) is 6.77. The summed E-state index contributed by atoms with van der Waals surface area (Å²) in [5.41, 5.74) is 1.36. The zero-order chi connectivity index (χ0) is 23.0. The van der Waals surface area contributed by atoms with Gasteiger partial charge in [-0.1, -0.05) is 17.7 Å². The molecule has 0 aliphatic heterocycles. The zero-order valence-corrected chi connectivity index (χ0v) is 18.4. The highest BCUT2D eigenvalue weighted by molar-refractivity contribution is 6.32. The minimum absolute atomic E-state index is 0.0727. The third kappa shape index (κ3) is 6.75. The van der Waals surface area contributed by atoms with Crippen molar-refractivity contribution in [3.05, 3.63) is 52.6 Å². The summed E-state index contributed by atoms with van der Waals surface area (Å²) >= 11 is 6.25. The van der Waals surface area contributed by atoms with Crippen molar-refractivity contribution < 1.29 is 32.5 Å². The van der Waals surface area contributed by atoms with Crippen LogP contribution in [0, 0.1) is 0 Å². The largest absolute Gasteiger partial charge is 0.493 e. The van der Waals surface area contributed by atoms with Crippen LogP contribution in [-0.4, -0.2) is 45.3 Å². The van der Waals surface area contributed by atoms with E-state index in [-0.39, 0.29) is 24.0 Å². The number of benzene rings is 2. The van der Waals surface area contributed by atoms with Crippen molar-refractivity contribution in [1.82, 2.24) is 4.90 Å². The summed E-state index contributed by atoms with van der Waals surface area (Å²) < 4.78 is 45.2. The van der Waals surface area contributed by atoms with Crippen LogP contribution in [-0.2, 0) is 11.3 Å².